The molecule has 4 aliphatic carbocycles. The highest BCUT2D eigenvalue weighted by molar-refractivity contribution is 6.01. The van der Waals surface area contributed by atoms with E-state index in [4.69, 9.17) is 4.74 Å². The molecule has 194 valence electrons. The van der Waals surface area contributed by atoms with E-state index in [1.165, 1.54) is 12.2 Å². The average Bonchev–Trinajstić information content (AvgIpc) is 3.05. The first-order valence-corrected chi connectivity index (χ1v) is 12.8. The van der Waals surface area contributed by atoms with Crippen molar-refractivity contribution in [2.75, 3.05) is 13.2 Å². The van der Waals surface area contributed by atoms with Gasteiger partial charge in [0.15, 0.2) is 17.1 Å². The van der Waals surface area contributed by atoms with Gasteiger partial charge >= 0.3 is 0 Å². The number of allylic oxidation sites excluding steroid dienone is 4. The number of aromatic nitrogens is 1. The minimum atomic E-state index is -1.99. The van der Waals surface area contributed by atoms with Crippen LogP contribution in [0.2, 0.25) is 0 Å². The lowest BCUT2D eigenvalue weighted by Gasteiger charge is -2.62. The highest BCUT2D eigenvalue weighted by Gasteiger charge is 2.75. The lowest BCUT2D eigenvalue weighted by molar-refractivity contribution is -0.219. The Morgan fingerprint density at radius 2 is 2.08 bits per heavy atom. The van der Waals surface area contributed by atoms with Gasteiger partial charge in [-0.1, -0.05) is 31.6 Å². The Labute approximate surface area is 210 Å². The van der Waals surface area contributed by atoms with E-state index in [0.717, 1.165) is 0 Å². The molecule has 0 aliphatic heterocycles. The SMILES string of the molecule is C[C@@H]1C[C@H]2[C@@H]3CCC4=CC(=O)C=C[C@]4(C)[C@@]3(F)[C@@H](O)C[C@]2(C)[C@@]1(O)C(=O)NCCOc1ccccn1. The molecule has 1 heterocycles. The third-order valence-corrected chi connectivity index (χ3v) is 9.84. The number of carbonyl (C=O) groups excluding carboxylic acids is 2. The number of halogens is 1. The zero-order valence-electron chi connectivity index (χ0n) is 21.0. The van der Waals surface area contributed by atoms with Gasteiger partial charge in [-0.2, -0.15) is 0 Å². The van der Waals surface area contributed by atoms with E-state index in [-0.39, 0.29) is 31.3 Å². The largest absolute Gasteiger partial charge is 0.476 e. The summed E-state index contributed by atoms with van der Waals surface area (Å²) in [4.78, 5) is 29.5. The van der Waals surface area contributed by atoms with Crippen LogP contribution in [0.3, 0.4) is 0 Å². The number of amides is 1. The molecule has 3 N–H and O–H groups in total. The van der Waals surface area contributed by atoms with E-state index in [2.05, 4.69) is 10.3 Å². The van der Waals surface area contributed by atoms with E-state index in [0.29, 0.717) is 30.7 Å². The molecule has 1 aromatic rings. The van der Waals surface area contributed by atoms with Gasteiger partial charge in [0, 0.05) is 29.0 Å². The first-order chi connectivity index (χ1) is 17.0. The lowest BCUT2D eigenvalue weighted by atomic mass is 9.44. The van der Waals surface area contributed by atoms with Crippen LogP contribution in [0.5, 0.6) is 5.88 Å². The summed E-state index contributed by atoms with van der Waals surface area (Å²) in [6, 6.07) is 5.30. The Bertz CT molecular complexity index is 1120. The zero-order valence-corrected chi connectivity index (χ0v) is 21.0. The minimum absolute atomic E-state index is 0.0476. The smallest absolute Gasteiger partial charge is 0.252 e. The molecule has 0 spiro atoms. The Hall–Kier alpha value is -2.58. The van der Waals surface area contributed by atoms with Gasteiger partial charge in [-0.05, 0) is 62.7 Å². The molecule has 7 nitrogen and oxygen atoms in total. The molecule has 0 aromatic carbocycles. The predicted octanol–water partition coefficient (Wildman–Crippen LogP) is 2.92. The molecule has 0 unspecified atom stereocenters. The molecule has 4 aliphatic rings. The summed E-state index contributed by atoms with van der Waals surface area (Å²) in [6.45, 7) is 5.77. The Kier molecular flexibility index (Phi) is 5.91. The zero-order chi connectivity index (χ0) is 25.9. The number of hydrogen-bond acceptors (Lipinski definition) is 6. The van der Waals surface area contributed by atoms with E-state index < -0.39 is 45.9 Å². The molecular weight excluding hydrogens is 463 g/mol. The topological polar surface area (TPSA) is 109 Å². The molecule has 1 aromatic heterocycles. The molecule has 0 radical (unpaired) electrons. The number of nitrogens with one attached hydrogen (secondary N) is 1. The third-order valence-electron chi connectivity index (χ3n) is 9.84. The van der Waals surface area contributed by atoms with Crippen molar-refractivity contribution in [3.63, 3.8) is 0 Å². The van der Waals surface area contributed by atoms with E-state index in [1.54, 1.807) is 37.4 Å². The molecule has 36 heavy (non-hydrogen) atoms. The molecule has 0 saturated heterocycles. The number of pyridine rings is 1. The van der Waals surface area contributed by atoms with Gasteiger partial charge < -0.3 is 20.3 Å². The number of alkyl halides is 1. The van der Waals surface area contributed by atoms with Crippen LogP contribution in [0.25, 0.3) is 0 Å². The van der Waals surface area contributed by atoms with E-state index in [1.807, 2.05) is 13.8 Å². The van der Waals surface area contributed by atoms with Crippen molar-refractivity contribution in [2.24, 2.45) is 28.6 Å². The predicted molar refractivity (Wildman–Crippen MR) is 131 cm³/mol. The third kappa shape index (κ3) is 3.26. The first-order valence-electron chi connectivity index (χ1n) is 12.8. The summed E-state index contributed by atoms with van der Waals surface area (Å²) < 4.78 is 22.7. The number of ether oxygens (including phenoxy) is 1. The van der Waals surface area contributed by atoms with Crippen molar-refractivity contribution in [2.45, 2.75) is 63.8 Å². The van der Waals surface area contributed by atoms with Crippen LogP contribution in [0.15, 0.2) is 48.2 Å². The molecule has 0 bridgehead atoms. The van der Waals surface area contributed by atoms with Gasteiger partial charge in [0.2, 0.25) is 5.88 Å². The average molecular weight is 499 g/mol. The van der Waals surface area contributed by atoms with Crippen LogP contribution in [0.1, 0.15) is 46.5 Å². The van der Waals surface area contributed by atoms with Crippen molar-refractivity contribution in [1.82, 2.24) is 10.3 Å². The summed E-state index contributed by atoms with van der Waals surface area (Å²) in [5, 5.41) is 26.2. The number of aliphatic hydroxyl groups is 2. The highest BCUT2D eigenvalue weighted by atomic mass is 19.1. The second kappa shape index (κ2) is 8.48. The number of hydrogen-bond donors (Lipinski definition) is 3. The van der Waals surface area contributed by atoms with Crippen LogP contribution in [-0.2, 0) is 9.59 Å². The number of carbonyl (C=O) groups is 2. The number of rotatable bonds is 5. The maximum absolute atomic E-state index is 17.2. The molecule has 8 heteroatoms. The van der Waals surface area contributed by atoms with Crippen molar-refractivity contribution in [3.05, 3.63) is 48.2 Å². The first kappa shape index (κ1) is 25.1. The van der Waals surface area contributed by atoms with Crippen molar-refractivity contribution >= 4 is 11.7 Å². The molecule has 3 fully saturated rings. The van der Waals surface area contributed by atoms with Gasteiger partial charge in [0.25, 0.3) is 5.91 Å². The highest BCUT2D eigenvalue weighted by Crippen LogP contribution is 2.70. The Morgan fingerprint density at radius 1 is 1.31 bits per heavy atom. The maximum atomic E-state index is 17.2. The van der Waals surface area contributed by atoms with Crippen LogP contribution < -0.4 is 10.1 Å². The molecule has 1 amide bonds. The van der Waals surface area contributed by atoms with Gasteiger partial charge in [0.1, 0.15) is 6.61 Å². The van der Waals surface area contributed by atoms with Crippen LogP contribution in [0, 0.1) is 28.6 Å². The lowest BCUT2D eigenvalue weighted by Crippen LogP contribution is -2.70. The van der Waals surface area contributed by atoms with Gasteiger partial charge in [0.05, 0.1) is 12.6 Å². The normalized spacial score (nSPS) is 43.2. The maximum Gasteiger partial charge on any atom is 0.252 e. The van der Waals surface area contributed by atoms with E-state index >= 15 is 4.39 Å². The number of fused-ring (bicyclic) bond motifs is 5. The van der Waals surface area contributed by atoms with Crippen molar-refractivity contribution in [3.8, 4) is 5.88 Å². The molecular formula is C28H35FN2O5. The fraction of sp³-hybridized carbons (Fsp3) is 0.607. The standard InChI is InChI=1S/C28H35FN2O5/c1-17-14-21-20-8-7-18-15-19(32)9-10-25(18,2)27(20,29)22(33)16-26(21,3)28(17,35)24(34)31-12-13-36-23-6-4-5-11-30-23/h4-6,9-11,15,17,20-22,33,35H,7-8,12-14,16H2,1-3H3,(H,31,34)/t17-,20+,21+,22+,25+,26+,27+,28+/m1/s1. The van der Waals surface area contributed by atoms with Crippen LogP contribution in [0.4, 0.5) is 4.39 Å². The number of aliphatic hydroxyl groups excluding tert-OH is 1. The fourth-order valence-corrected chi connectivity index (χ4v) is 7.92. The van der Waals surface area contributed by atoms with Gasteiger partial charge in [-0.3, -0.25) is 9.59 Å². The van der Waals surface area contributed by atoms with Crippen molar-refractivity contribution in [1.29, 1.82) is 0 Å². The molecule has 5 rings (SSSR count). The fourth-order valence-electron chi connectivity index (χ4n) is 7.92. The summed E-state index contributed by atoms with van der Waals surface area (Å²) in [5.41, 5.74) is -5.15. The monoisotopic (exact) mass is 498 g/mol. The van der Waals surface area contributed by atoms with Crippen molar-refractivity contribution < 1.29 is 28.9 Å². The number of nitrogens with zero attached hydrogens (tertiary/aromatic N) is 1. The van der Waals surface area contributed by atoms with Crippen LogP contribution in [-0.4, -0.2) is 57.4 Å². The Morgan fingerprint density at radius 3 is 2.81 bits per heavy atom. The summed E-state index contributed by atoms with van der Waals surface area (Å²) in [6.07, 6.45) is 6.16. The summed E-state index contributed by atoms with van der Waals surface area (Å²) in [5.74, 6) is -1.51. The van der Waals surface area contributed by atoms with E-state index in [9.17, 15) is 19.8 Å². The molecule has 3 saturated carbocycles. The molecule has 8 atom stereocenters. The Balaban J connectivity index is 1.38. The second-order valence-corrected chi connectivity index (χ2v) is 11.4. The summed E-state index contributed by atoms with van der Waals surface area (Å²) in [7, 11) is 0. The minimum Gasteiger partial charge on any atom is -0.476 e. The van der Waals surface area contributed by atoms with Gasteiger partial charge in [-0.25, -0.2) is 9.37 Å². The van der Waals surface area contributed by atoms with Gasteiger partial charge in [-0.15, -0.1) is 0 Å². The summed E-state index contributed by atoms with van der Waals surface area (Å²) >= 11 is 0. The number of ketones is 1. The quantitative estimate of drug-likeness (QED) is 0.539. The van der Waals surface area contributed by atoms with Crippen LogP contribution >= 0.6 is 0 Å². The second-order valence-electron chi connectivity index (χ2n) is 11.4.